The summed E-state index contributed by atoms with van der Waals surface area (Å²) in [5.41, 5.74) is 4.03. The summed E-state index contributed by atoms with van der Waals surface area (Å²) in [4.78, 5) is 23.8. The summed E-state index contributed by atoms with van der Waals surface area (Å²) in [7, 11) is 0. The largest absolute Gasteiger partial charge is 0.326 e. The molecule has 0 bridgehead atoms. The molecule has 0 fully saturated rings. The van der Waals surface area contributed by atoms with Crippen molar-refractivity contribution >= 4 is 23.2 Å². The lowest BCUT2D eigenvalue weighted by Crippen LogP contribution is -2.14. The quantitative estimate of drug-likeness (QED) is 0.899. The summed E-state index contributed by atoms with van der Waals surface area (Å²) in [5, 5.41) is 5.64. The van der Waals surface area contributed by atoms with E-state index in [1.165, 1.54) is 0 Å². The van der Waals surface area contributed by atoms with E-state index in [0.29, 0.717) is 23.4 Å². The minimum absolute atomic E-state index is 0.0574. The first kappa shape index (κ1) is 15.8. The molecular weight excluding hydrogens is 276 g/mol. The zero-order valence-electron chi connectivity index (χ0n) is 13.1. The average Bonchev–Trinajstić information content (AvgIpc) is 2.50. The number of hydrogen-bond donors (Lipinski definition) is 2. The van der Waals surface area contributed by atoms with E-state index in [9.17, 15) is 9.59 Å². The van der Waals surface area contributed by atoms with Crippen LogP contribution in [0, 0.1) is 13.8 Å². The van der Waals surface area contributed by atoms with Gasteiger partial charge in [0.05, 0.1) is 0 Å². The van der Waals surface area contributed by atoms with Crippen LogP contribution < -0.4 is 10.6 Å². The molecule has 22 heavy (non-hydrogen) atoms. The van der Waals surface area contributed by atoms with Gasteiger partial charge in [0.1, 0.15) is 0 Å². The maximum atomic E-state index is 12.4. The highest BCUT2D eigenvalue weighted by Gasteiger charge is 2.10. The van der Waals surface area contributed by atoms with Crippen LogP contribution in [0.1, 0.15) is 34.8 Å². The van der Waals surface area contributed by atoms with Crippen molar-refractivity contribution in [3.05, 3.63) is 59.2 Å². The van der Waals surface area contributed by atoms with Crippen molar-refractivity contribution in [1.29, 1.82) is 0 Å². The van der Waals surface area contributed by atoms with Gasteiger partial charge in [-0.1, -0.05) is 25.1 Å². The number of carbonyl (C=O) groups excluding carboxylic acids is 2. The van der Waals surface area contributed by atoms with E-state index in [1.807, 2.05) is 26.0 Å². The van der Waals surface area contributed by atoms with Crippen molar-refractivity contribution in [2.75, 3.05) is 10.6 Å². The second kappa shape index (κ2) is 6.89. The first-order chi connectivity index (χ1) is 10.5. The fourth-order valence-corrected chi connectivity index (χ4v) is 2.12. The number of benzene rings is 2. The lowest BCUT2D eigenvalue weighted by Gasteiger charge is -2.11. The maximum Gasteiger partial charge on any atom is 0.255 e. The van der Waals surface area contributed by atoms with Crippen LogP contribution in [0.5, 0.6) is 0 Å². The molecule has 4 nitrogen and oxygen atoms in total. The monoisotopic (exact) mass is 296 g/mol. The van der Waals surface area contributed by atoms with Crippen molar-refractivity contribution in [1.82, 2.24) is 0 Å². The summed E-state index contributed by atoms with van der Waals surface area (Å²) >= 11 is 0. The SMILES string of the molecule is CCC(=O)Nc1cccc(NC(=O)c2cccc(C)c2C)c1. The van der Waals surface area contributed by atoms with E-state index < -0.39 is 0 Å². The van der Waals surface area contributed by atoms with Gasteiger partial charge in [-0.05, 0) is 49.2 Å². The Morgan fingerprint density at radius 2 is 1.59 bits per heavy atom. The molecule has 2 amide bonds. The highest BCUT2D eigenvalue weighted by Crippen LogP contribution is 2.18. The van der Waals surface area contributed by atoms with E-state index in [0.717, 1.165) is 11.1 Å². The molecule has 2 aromatic carbocycles. The smallest absolute Gasteiger partial charge is 0.255 e. The predicted molar refractivity (Wildman–Crippen MR) is 89.2 cm³/mol. The van der Waals surface area contributed by atoms with Crippen LogP contribution in [-0.2, 0) is 4.79 Å². The lowest BCUT2D eigenvalue weighted by atomic mass is 10.0. The van der Waals surface area contributed by atoms with Gasteiger partial charge in [0.2, 0.25) is 5.91 Å². The summed E-state index contributed by atoms with van der Waals surface area (Å²) in [5.74, 6) is -0.210. The Kier molecular flexibility index (Phi) is 4.94. The Morgan fingerprint density at radius 1 is 0.955 bits per heavy atom. The third-order valence-electron chi connectivity index (χ3n) is 3.57. The van der Waals surface area contributed by atoms with Crippen molar-refractivity contribution in [3.63, 3.8) is 0 Å². The summed E-state index contributed by atoms with van der Waals surface area (Å²) in [6, 6.07) is 12.8. The van der Waals surface area contributed by atoms with E-state index in [-0.39, 0.29) is 11.8 Å². The molecule has 0 radical (unpaired) electrons. The van der Waals surface area contributed by atoms with Crippen LogP contribution >= 0.6 is 0 Å². The van der Waals surface area contributed by atoms with Crippen LogP contribution in [0.3, 0.4) is 0 Å². The summed E-state index contributed by atoms with van der Waals surface area (Å²) in [6.07, 6.45) is 0.416. The third kappa shape index (κ3) is 3.73. The van der Waals surface area contributed by atoms with Crippen LogP contribution in [0.4, 0.5) is 11.4 Å². The van der Waals surface area contributed by atoms with Crippen molar-refractivity contribution in [2.45, 2.75) is 27.2 Å². The van der Waals surface area contributed by atoms with Gasteiger partial charge in [0.25, 0.3) is 5.91 Å². The molecule has 2 rings (SSSR count). The molecule has 0 aliphatic rings. The van der Waals surface area contributed by atoms with Crippen LogP contribution in [0.15, 0.2) is 42.5 Å². The first-order valence-electron chi connectivity index (χ1n) is 7.28. The number of aryl methyl sites for hydroxylation is 1. The number of rotatable bonds is 4. The molecule has 0 heterocycles. The van der Waals surface area contributed by atoms with Gasteiger partial charge in [-0.3, -0.25) is 9.59 Å². The third-order valence-corrected chi connectivity index (χ3v) is 3.57. The molecule has 4 heteroatoms. The molecule has 0 saturated carbocycles. The summed E-state index contributed by atoms with van der Waals surface area (Å²) < 4.78 is 0. The number of hydrogen-bond acceptors (Lipinski definition) is 2. The molecule has 0 aromatic heterocycles. The van der Waals surface area contributed by atoms with E-state index in [1.54, 1.807) is 37.3 Å². The molecule has 0 saturated heterocycles. The molecule has 0 unspecified atom stereocenters. The van der Waals surface area contributed by atoms with Gasteiger partial charge >= 0.3 is 0 Å². The fraction of sp³-hybridized carbons (Fsp3) is 0.222. The summed E-state index contributed by atoms with van der Waals surface area (Å²) in [6.45, 7) is 5.70. The minimum atomic E-state index is -0.153. The standard InChI is InChI=1S/C18H20N2O2/c1-4-17(21)19-14-8-6-9-15(11-14)20-18(22)16-10-5-7-12(2)13(16)3/h5-11H,4H2,1-3H3,(H,19,21)(H,20,22). The van der Waals surface area contributed by atoms with Gasteiger partial charge < -0.3 is 10.6 Å². The molecule has 0 aliphatic heterocycles. The van der Waals surface area contributed by atoms with Crippen LogP contribution in [0.25, 0.3) is 0 Å². The molecule has 0 aliphatic carbocycles. The van der Waals surface area contributed by atoms with Gasteiger partial charge in [0, 0.05) is 23.4 Å². The topological polar surface area (TPSA) is 58.2 Å². The van der Waals surface area contributed by atoms with E-state index >= 15 is 0 Å². The zero-order chi connectivity index (χ0) is 16.1. The second-order valence-corrected chi connectivity index (χ2v) is 5.18. The Balaban J connectivity index is 2.16. The van der Waals surface area contributed by atoms with E-state index in [2.05, 4.69) is 10.6 Å². The van der Waals surface area contributed by atoms with Crippen LogP contribution in [-0.4, -0.2) is 11.8 Å². The van der Waals surface area contributed by atoms with Gasteiger partial charge in [-0.25, -0.2) is 0 Å². The Bertz CT molecular complexity index is 708. The zero-order valence-corrected chi connectivity index (χ0v) is 13.1. The normalized spacial score (nSPS) is 10.1. The Hall–Kier alpha value is -2.62. The average molecular weight is 296 g/mol. The molecule has 114 valence electrons. The molecule has 2 aromatic rings. The van der Waals surface area contributed by atoms with Crippen molar-refractivity contribution < 1.29 is 9.59 Å². The fourth-order valence-electron chi connectivity index (χ4n) is 2.12. The maximum absolute atomic E-state index is 12.4. The molecule has 0 spiro atoms. The molecule has 0 atom stereocenters. The lowest BCUT2D eigenvalue weighted by molar-refractivity contribution is -0.115. The van der Waals surface area contributed by atoms with Crippen molar-refractivity contribution in [3.8, 4) is 0 Å². The minimum Gasteiger partial charge on any atom is -0.326 e. The second-order valence-electron chi connectivity index (χ2n) is 5.18. The highest BCUT2D eigenvalue weighted by atomic mass is 16.2. The van der Waals surface area contributed by atoms with Crippen molar-refractivity contribution in [2.24, 2.45) is 0 Å². The Morgan fingerprint density at radius 3 is 2.27 bits per heavy atom. The number of carbonyl (C=O) groups is 2. The van der Waals surface area contributed by atoms with E-state index in [4.69, 9.17) is 0 Å². The molecular formula is C18H20N2O2. The number of amides is 2. The van der Waals surface area contributed by atoms with Gasteiger partial charge in [0.15, 0.2) is 0 Å². The highest BCUT2D eigenvalue weighted by molar-refractivity contribution is 6.05. The van der Waals surface area contributed by atoms with Crippen LogP contribution in [0.2, 0.25) is 0 Å². The molecule has 2 N–H and O–H groups in total. The van der Waals surface area contributed by atoms with Gasteiger partial charge in [-0.2, -0.15) is 0 Å². The number of nitrogens with one attached hydrogen (secondary N) is 2. The number of anilines is 2. The first-order valence-corrected chi connectivity index (χ1v) is 7.28. The predicted octanol–water partition coefficient (Wildman–Crippen LogP) is 3.90. The van der Waals surface area contributed by atoms with Gasteiger partial charge in [-0.15, -0.1) is 0 Å². The Labute approximate surface area is 130 Å².